The SMILES string of the molecule is CCCCc1cncc2cc(-c3ccc(OCCCCCCCSC(=O)C(N)CN)cc3)c(=O)oc12. The van der Waals surface area contributed by atoms with Gasteiger partial charge in [0.1, 0.15) is 11.3 Å². The number of hydrogen-bond acceptors (Lipinski definition) is 8. The van der Waals surface area contributed by atoms with Gasteiger partial charge >= 0.3 is 5.63 Å². The molecule has 3 aromatic rings. The van der Waals surface area contributed by atoms with E-state index in [0.29, 0.717) is 17.8 Å². The van der Waals surface area contributed by atoms with Gasteiger partial charge in [0.05, 0.1) is 18.2 Å². The maximum Gasteiger partial charge on any atom is 0.344 e. The summed E-state index contributed by atoms with van der Waals surface area (Å²) in [5, 5.41) is 0.815. The van der Waals surface area contributed by atoms with E-state index >= 15 is 0 Å². The number of carbonyl (C=O) groups excluding carboxylic acids is 1. The number of benzene rings is 1. The Morgan fingerprint density at radius 3 is 2.58 bits per heavy atom. The first-order valence-corrected chi connectivity index (χ1v) is 13.8. The molecule has 194 valence electrons. The minimum Gasteiger partial charge on any atom is -0.494 e. The average Bonchev–Trinajstić information content (AvgIpc) is 2.90. The Labute approximate surface area is 217 Å². The van der Waals surface area contributed by atoms with Crippen LogP contribution in [0.1, 0.15) is 57.4 Å². The number of carbonyl (C=O) groups is 1. The molecule has 2 heterocycles. The number of pyridine rings is 1. The lowest BCUT2D eigenvalue weighted by molar-refractivity contribution is -0.111. The molecule has 1 atom stereocenters. The molecule has 0 saturated heterocycles. The topological polar surface area (TPSA) is 121 Å². The maximum absolute atomic E-state index is 12.7. The molecule has 8 heteroatoms. The van der Waals surface area contributed by atoms with Gasteiger partial charge in [-0.1, -0.05) is 56.5 Å². The van der Waals surface area contributed by atoms with Gasteiger partial charge in [-0.3, -0.25) is 9.78 Å². The van der Waals surface area contributed by atoms with Gasteiger partial charge in [0, 0.05) is 35.6 Å². The number of rotatable bonds is 15. The van der Waals surface area contributed by atoms with Gasteiger partial charge in [-0.05, 0) is 49.4 Å². The zero-order valence-electron chi connectivity index (χ0n) is 21.0. The first kappa shape index (κ1) is 27.9. The smallest absolute Gasteiger partial charge is 0.344 e. The lowest BCUT2D eigenvalue weighted by Gasteiger charge is -2.09. The fourth-order valence-corrected chi connectivity index (χ4v) is 4.74. The predicted octanol–water partition coefficient (Wildman–Crippen LogP) is 5.07. The van der Waals surface area contributed by atoms with E-state index in [9.17, 15) is 9.59 Å². The van der Waals surface area contributed by atoms with Crippen LogP contribution in [0.3, 0.4) is 0 Å². The number of nitrogens with two attached hydrogens (primary N) is 2. The van der Waals surface area contributed by atoms with Crippen molar-refractivity contribution in [2.24, 2.45) is 11.5 Å². The van der Waals surface area contributed by atoms with Crippen LogP contribution in [0.2, 0.25) is 0 Å². The van der Waals surface area contributed by atoms with Crippen molar-refractivity contribution < 1.29 is 13.9 Å². The first-order valence-electron chi connectivity index (χ1n) is 12.8. The number of aryl methyl sites for hydroxylation is 1. The summed E-state index contributed by atoms with van der Waals surface area (Å²) in [6.45, 7) is 2.98. The number of fused-ring (bicyclic) bond motifs is 1. The largest absolute Gasteiger partial charge is 0.494 e. The highest BCUT2D eigenvalue weighted by atomic mass is 32.2. The fourth-order valence-electron chi connectivity index (χ4n) is 3.88. The van der Waals surface area contributed by atoms with E-state index in [-0.39, 0.29) is 17.3 Å². The monoisotopic (exact) mass is 511 g/mol. The summed E-state index contributed by atoms with van der Waals surface area (Å²) < 4.78 is 11.6. The number of aromatic nitrogens is 1. The first-order chi connectivity index (χ1) is 17.5. The predicted molar refractivity (Wildman–Crippen MR) is 147 cm³/mol. The molecule has 4 N–H and O–H groups in total. The number of unbranched alkanes of at least 4 members (excludes halogenated alkanes) is 5. The van der Waals surface area contributed by atoms with Gasteiger partial charge < -0.3 is 20.6 Å². The summed E-state index contributed by atoms with van der Waals surface area (Å²) in [6.07, 6.45) is 11.7. The summed E-state index contributed by atoms with van der Waals surface area (Å²) in [4.78, 5) is 28.7. The van der Waals surface area contributed by atoms with Crippen LogP contribution in [0.4, 0.5) is 0 Å². The standard InChI is InChI=1S/C28H37N3O4S/c1-2-3-9-21-18-31-19-22-16-24(27(32)35-26(21)22)20-10-12-23(13-11-20)34-14-7-5-4-6-8-15-36-28(33)25(30)17-29/h10-13,16,18-19,25H,2-9,14-15,17,29-30H2,1H3. The summed E-state index contributed by atoms with van der Waals surface area (Å²) in [5.41, 5.74) is 13.6. The quantitative estimate of drug-likeness (QED) is 0.271. The molecule has 0 bridgehead atoms. The number of hydrogen-bond donors (Lipinski definition) is 2. The molecule has 0 radical (unpaired) electrons. The van der Waals surface area contributed by atoms with Gasteiger partial charge in [0.2, 0.25) is 5.12 Å². The Morgan fingerprint density at radius 2 is 1.83 bits per heavy atom. The minimum absolute atomic E-state index is 0.0213. The summed E-state index contributed by atoms with van der Waals surface area (Å²) >= 11 is 1.28. The van der Waals surface area contributed by atoms with Crippen LogP contribution in [0.15, 0.2) is 51.9 Å². The Bertz CT molecular complexity index is 1160. The summed E-state index contributed by atoms with van der Waals surface area (Å²) in [5.74, 6) is 1.57. The molecular formula is C28H37N3O4S. The van der Waals surface area contributed by atoms with E-state index in [1.54, 1.807) is 12.4 Å². The Kier molecular flexibility index (Phi) is 11.5. The molecule has 1 aromatic carbocycles. The average molecular weight is 512 g/mol. The second kappa shape index (κ2) is 14.8. The third-order valence-corrected chi connectivity index (χ3v) is 7.12. The molecule has 1 unspecified atom stereocenters. The van der Waals surface area contributed by atoms with Crippen LogP contribution in [-0.4, -0.2) is 35.0 Å². The normalized spacial score (nSPS) is 12.1. The summed E-state index contributed by atoms with van der Waals surface area (Å²) in [7, 11) is 0. The van der Waals surface area contributed by atoms with Crippen LogP contribution in [0.5, 0.6) is 5.75 Å². The van der Waals surface area contributed by atoms with Crippen LogP contribution in [0.25, 0.3) is 22.1 Å². The number of ether oxygens (including phenoxy) is 1. The molecule has 0 aliphatic heterocycles. The molecular weight excluding hydrogens is 474 g/mol. The highest BCUT2D eigenvalue weighted by Crippen LogP contribution is 2.25. The second-order valence-corrected chi connectivity index (χ2v) is 10.0. The molecule has 36 heavy (non-hydrogen) atoms. The van der Waals surface area contributed by atoms with Crippen LogP contribution in [0, 0.1) is 0 Å². The highest BCUT2D eigenvalue weighted by molar-refractivity contribution is 8.13. The van der Waals surface area contributed by atoms with Crippen molar-refractivity contribution in [3.05, 3.63) is 58.7 Å². The van der Waals surface area contributed by atoms with Crippen molar-refractivity contribution >= 4 is 27.8 Å². The van der Waals surface area contributed by atoms with Gasteiger partial charge in [0.25, 0.3) is 0 Å². The maximum atomic E-state index is 12.7. The van der Waals surface area contributed by atoms with E-state index in [4.69, 9.17) is 20.6 Å². The molecule has 0 fully saturated rings. The van der Waals surface area contributed by atoms with Crippen molar-refractivity contribution in [1.29, 1.82) is 0 Å². The lowest BCUT2D eigenvalue weighted by Crippen LogP contribution is -2.36. The molecule has 0 aliphatic rings. The van der Waals surface area contributed by atoms with Crippen LogP contribution >= 0.6 is 11.8 Å². The van der Waals surface area contributed by atoms with E-state index in [1.165, 1.54) is 11.8 Å². The van der Waals surface area contributed by atoms with Gasteiger partial charge in [-0.15, -0.1) is 0 Å². The van der Waals surface area contributed by atoms with Crippen LogP contribution < -0.4 is 21.8 Å². The molecule has 7 nitrogen and oxygen atoms in total. The number of nitrogens with zero attached hydrogens (tertiary/aromatic N) is 1. The molecule has 0 aliphatic carbocycles. The van der Waals surface area contributed by atoms with Gasteiger partial charge in [-0.2, -0.15) is 0 Å². The van der Waals surface area contributed by atoms with Crippen molar-refractivity contribution in [1.82, 2.24) is 4.98 Å². The molecule has 3 rings (SSSR count). The lowest BCUT2D eigenvalue weighted by atomic mass is 10.0. The van der Waals surface area contributed by atoms with Gasteiger partial charge in [0.15, 0.2) is 0 Å². The Hall–Kier alpha value is -2.68. The molecule has 0 amide bonds. The third kappa shape index (κ3) is 8.18. The summed E-state index contributed by atoms with van der Waals surface area (Å²) in [6, 6.07) is 8.85. The zero-order chi connectivity index (χ0) is 25.8. The zero-order valence-corrected chi connectivity index (χ0v) is 21.9. The van der Waals surface area contributed by atoms with Gasteiger partial charge in [-0.25, -0.2) is 4.79 Å². The van der Waals surface area contributed by atoms with Crippen LogP contribution in [-0.2, 0) is 11.2 Å². The van der Waals surface area contributed by atoms with Crippen molar-refractivity contribution in [3.63, 3.8) is 0 Å². The van der Waals surface area contributed by atoms with Crippen molar-refractivity contribution in [2.45, 2.75) is 64.3 Å². The van der Waals surface area contributed by atoms with E-state index in [2.05, 4.69) is 11.9 Å². The fraction of sp³-hybridized carbons (Fsp3) is 0.464. The second-order valence-electron chi connectivity index (χ2n) is 8.92. The minimum atomic E-state index is -0.549. The molecule has 2 aromatic heterocycles. The molecule has 0 saturated carbocycles. The number of thioether (sulfide) groups is 1. The van der Waals surface area contributed by atoms with E-state index in [0.717, 1.165) is 79.4 Å². The Balaban J connectivity index is 1.43. The highest BCUT2D eigenvalue weighted by Gasteiger charge is 2.12. The van der Waals surface area contributed by atoms with Crippen molar-refractivity contribution in [3.8, 4) is 16.9 Å². The van der Waals surface area contributed by atoms with E-state index in [1.807, 2.05) is 30.3 Å². The Morgan fingerprint density at radius 1 is 1.08 bits per heavy atom. The molecule has 0 spiro atoms. The third-order valence-electron chi connectivity index (χ3n) is 6.04. The van der Waals surface area contributed by atoms with Crippen molar-refractivity contribution in [2.75, 3.05) is 18.9 Å². The van der Waals surface area contributed by atoms with E-state index < -0.39 is 6.04 Å².